The van der Waals surface area contributed by atoms with Crippen molar-refractivity contribution in [1.82, 2.24) is 5.32 Å². The summed E-state index contributed by atoms with van der Waals surface area (Å²) in [6, 6.07) is 0.208. The van der Waals surface area contributed by atoms with Crippen molar-refractivity contribution in [3.05, 3.63) is 0 Å². The standard InChI is InChI=1S/C15H30N2O3/c1-11(2)17-15(3,14(16)18)8-9-20-13-7-5-6-12(10-13)19-4/h11-13,17H,5-10H2,1-4H3,(H2,16,18). The number of carbonyl (C=O) groups is 1. The number of methoxy groups -OCH3 is 1. The van der Waals surface area contributed by atoms with E-state index in [1.807, 2.05) is 20.8 Å². The highest BCUT2D eigenvalue weighted by Gasteiger charge is 2.31. The number of nitrogens with one attached hydrogen (secondary N) is 1. The molecule has 3 atom stereocenters. The summed E-state index contributed by atoms with van der Waals surface area (Å²) in [7, 11) is 1.75. The van der Waals surface area contributed by atoms with Crippen molar-refractivity contribution in [3.8, 4) is 0 Å². The second-order valence-corrected chi connectivity index (χ2v) is 6.26. The van der Waals surface area contributed by atoms with Gasteiger partial charge < -0.3 is 20.5 Å². The van der Waals surface area contributed by atoms with Crippen LogP contribution in [0.4, 0.5) is 0 Å². The van der Waals surface area contributed by atoms with Crippen LogP contribution in [0.2, 0.25) is 0 Å². The van der Waals surface area contributed by atoms with E-state index in [9.17, 15) is 4.79 Å². The number of hydrogen-bond acceptors (Lipinski definition) is 4. The molecule has 0 aromatic heterocycles. The van der Waals surface area contributed by atoms with Gasteiger partial charge in [-0.2, -0.15) is 0 Å². The average molecular weight is 286 g/mol. The van der Waals surface area contributed by atoms with Crippen LogP contribution >= 0.6 is 0 Å². The van der Waals surface area contributed by atoms with Crippen molar-refractivity contribution in [1.29, 1.82) is 0 Å². The van der Waals surface area contributed by atoms with Crippen molar-refractivity contribution >= 4 is 5.91 Å². The summed E-state index contributed by atoms with van der Waals surface area (Å²) in [4.78, 5) is 11.6. The lowest BCUT2D eigenvalue weighted by Crippen LogP contribution is -2.56. The van der Waals surface area contributed by atoms with Crippen LogP contribution in [-0.2, 0) is 14.3 Å². The summed E-state index contributed by atoms with van der Waals surface area (Å²) < 4.78 is 11.3. The van der Waals surface area contributed by atoms with Crippen LogP contribution < -0.4 is 11.1 Å². The number of nitrogens with two attached hydrogens (primary N) is 1. The van der Waals surface area contributed by atoms with Crippen LogP contribution in [-0.4, -0.2) is 43.4 Å². The molecule has 118 valence electrons. The van der Waals surface area contributed by atoms with Gasteiger partial charge in [0.1, 0.15) is 0 Å². The summed E-state index contributed by atoms with van der Waals surface area (Å²) >= 11 is 0. The van der Waals surface area contributed by atoms with E-state index >= 15 is 0 Å². The largest absolute Gasteiger partial charge is 0.381 e. The molecule has 1 aliphatic rings. The van der Waals surface area contributed by atoms with Crippen molar-refractivity contribution in [2.45, 2.75) is 76.7 Å². The Balaban J connectivity index is 2.38. The molecule has 5 nitrogen and oxygen atoms in total. The third-order valence-electron chi connectivity index (χ3n) is 4.02. The summed E-state index contributed by atoms with van der Waals surface area (Å²) in [5.41, 5.74) is 4.80. The highest BCUT2D eigenvalue weighted by atomic mass is 16.5. The van der Waals surface area contributed by atoms with Gasteiger partial charge in [0.25, 0.3) is 0 Å². The molecule has 0 aromatic rings. The first-order valence-electron chi connectivity index (χ1n) is 7.59. The first kappa shape index (κ1) is 17.4. The number of carbonyl (C=O) groups excluding carboxylic acids is 1. The topological polar surface area (TPSA) is 73.6 Å². The van der Waals surface area contributed by atoms with Crippen molar-refractivity contribution < 1.29 is 14.3 Å². The van der Waals surface area contributed by atoms with Crippen LogP contribution in [0.15, 0.2) is 0 Å². The third kappa shape index (κ3) is 5.38. The molecule has 20 heavy (non-hydrogen) atoms. The van der Waals surface area contributed by atoms with E-state index in [0.717, 1.165) is 25.7 Å². The lowest BCUT2D eigenvalue weighted by atomic mass is 9.94. The van der Waals surface area contributed by atoms with E-state index in [1.165, 1.54) is 0 Å². The molecule has 1 amide bonds. The van der Waals surface area contributed by atoms with Gasteiger partial charge in [-0.05, 0) is 52.9 Å². The predicted octanol–water partition coefficient (Wildman–Crippen LogP) is 1.59. The smallest absolute Gasteiger partial charge is 0.237 e. The highest BCUT2D eigenvalue weighted by molar-refractivity contribution is 5.84. The molecule has 1 fully saturated rings. The van der Waals surface area contributed by atoms with Gasteiger partial charge in [-0.3, -0.25) is 4.79 Å². The highest BCUT2D eigenvalue weighted by Crippen LogP contribution is 2.23. The Bertz CT molecular complexity index is 309. The fourth-order valence-electron chi connectivity index (χ4n) is 2.80. The van der Waals surface area contributed by atoms with Crippen LogP contribution in [0, 0.1) is 0 Å². The minimum Gasteiger partial charge on any atom is -0.381 e. The summed E-state index contributed by atoms with van der Waals surface area (Å²) in [5, 5.41) is 3.23. The Labute approximate surface area is 122 Å². The van der Waals surface area contributed by atoms with E-state index in [0.29, 0.717) is 19.1 Å². The van der Waals surface area contributed by atoms with Crippen molar-refractivity contribution in [2.75, 3.05) is 13.7 Å². The van der Waals surface area contributed by atoms with Gasteiger partial charge >= 0.3 is 0 Å². The average Bonchev–Trinajstić information content (AvgIpc) is 2.38. The number of primary amides is 1. The number of hydrogen-bond donors (Lipinski definition) is 2. The quantitative estimate of drug-likeness (QED) is 0.710. The Hall–Kier alpha value is -0.650. The zero-order valence-corrected chi connectivity index (χ0v) is 13.3. The lowest BCUT2D eigenvalue weighted by Gasteiger charge is -2.32. The van der Waals surface area contributed by atoms with E-state index in [-0.39, 0.29) is 18.1 Å². The van der Waals surface area contributed by atoms with Crippen LogP contribution in [0.1, 0.15) is 52.9 Å². The maximum absolute atomic E-state index is 11.6. The fraction of sp³-hybridized carbons (Fsp3) is 0.933. The minimum absolute atomic E-state index is 0.208. The molecule has 1 saturated carbocycles. The molecule has 1 rings (SSSR count). The predicted molar refractivity (Wildman–Crippen MR) is 79.5 cm³/mol. The minimum atomic E-state index is -0.705. The first-order valence-corrected chi connectivity index (χ1v) is 7.59. The summed E-state index contributed by atoms with van der Waals surface area (Å²) in [6.07, 6.45) is 5.42. The molecule has 1 aliphatic carbocycles. The normalized spacial score (nSPS) is 26.4. The molecule has 0 bridgehead atoms. The molecule has 0 aromatic carbocycles. The first-order chi connectivity index (χ1) is 9.37. The molecule has 3 unspecified atom stereocenters. The maximum atomic E-state index is 11.6. The lowest BCUT2D eigenvalue weighted by molar-refractivity contribution is -0.125. The van der Waals surface area contributed by atoms with Crippen LogP contribution in [0.25, 0.3) is 0 Å². The molecule has 5 heteroatoms. The third-order valence-corrected chi connectivity index (χ3v) is 4.02. The van der Waals surface area contributed by atoms with Gasteiger partial charge in [0, 0.05) is 19.8 Å². The zero-order valence-electron chi connectivity index (χ0n) is 13.3. The van der Waals surface area contributed by atoms with Gasteiger partial charge in [-0.25, -0.2) is 0 Å². The van der Waals surface area contributed by atoms with E-state index in [1.54, 1.807) is 7.11 Å². The molecule has 0 radical (unpaired) electrons. The summed E-state index contributed by atoms with van der Waals surface area (Å²) in [6.45, 7) is 6.40. The van der Waals surface area contributed by atoms with Crippen LogP contribution in [0.3, 0.4) is 0 Å². The Morgan fingerprint density at radius 2 is 2.05 bits per heavy atom. The van der Waals surface area contributed by atoms with Crippen molar-refractivity contribution in [2.24, 2.45) is 5.73 Å². The summed E-state index contributed by atoms with van der Waals surface area (Å²) in [5.74, 6) is -0.326. The fourth-order valence-corrected chi connectivity index (χ4v) is 2.80. The SMILES string of the molecule is COC1CCCC(OCCC(C)(NC(C)C)C(N)=O)C1. The molecule has 0 saturated heterocycles. The monoisotopic (exact) mass is 286 g/mol. The molecule has 0 heterocycles. The van der Waals surface area contributed by atoms with Gasteiger partial charge in [-0.15, -0.1) is 0 Å². The molecule has 0 spiro atoms. The molecular formula is C15H30N2O3. The van der Waals surface area contributed by atoms with E-state index < -0.39 is 5.54 Å². The van der Waals surface area contributed by atoms with Gasteiger partial charge in [-0.1, -0.05) is 0 Å². The second-order valence-electron chi connectivity index (χ2n) is 6.26. The zero-order chi connectivity index (χ0) is 15.2. The molecule has 0 aliphatic heterocycles. The van der Waals surface area contributed by atoms with Crippen molar-refractivity contribution in [3.63, 3.8) is 0 Å². The van der Waals surface area contributed by atoms with E-state index in [2.05, 4.69) is 5.32 Å². The molecular weight excluding hydrogens is 256 g/mol. The Morgan fingerprint density at radius 1 is 1.40 bits per heavy atom. The molecule has 3 N–H and O–H groups in total. The van der Waals surface area contributed by atoms with Crippen LogP contribution in [0.5, 0.6) is 0 Å². The van der Waals surface area contributed by atoms with Gasteiger partial charge in [0.15, 0.2) is 0 Å². The van der Waals surface area contributed by atoms with Gasteiger partial charge in [0.2, 0.25) is 5.91 Å². The number of ether oxygens (including phenoxy) is 2. The Morgan fingerprint density at radius 3 is 2.60 bits per heavy atom. The van der Waals surface area contributed by atoms with Gasteiger partial charge in [0.05, 0.1) is 17.7 Å². The second kappa shape index (κ2) is 7.96. The van der Waals surface area contributed by atoms with E-state index in [4.69, 9.17) is 15.2 Å². The number of rotatable bonds is 8. The Kier molecular flexibility index (Phi) is 6.92. The number of amides is 1. The maximum Gasteiger partial charge on any atom is 0.237 e.